The fraction of sp³-hybridized carbons (Fsp3) is 0.438. The number of allylic oxidation sites excluding steroid dienone is 1. The average Bonchev–Trinajstić information content (AvgIpc) is 2.67. The molecular weight excluding hydrogens is 256 g/mol. The smallest absolute Gasteiger partial charge is 0.162 e. The SMILES string of the molecule is CC1CC(=O)C2=C(C1)OC(Sc1ccccc1)C2C. The number of hydrogen-bond donors (Lipinski definition) is 0. The van der Waals surface area contributed by atoms with Crippen molar-refractivity contribution in [2.24, 2.45) is 11.8 Å². The molecule has 3 heteroatoms. The third-order valence-corrected chi connectivity index (χ3v) is 5.07. The van der Waals surface area contributed by atoms with Gasteiger partial charge in [0.15, 0.2) is 11.2 Å². The first-order chi connectivity index (χ1) is 9.15. The standard InChI is InChI=1S/C16H18O2S/c1-10-8-13(17)15-11(2)16(18-14(15)9-10)19-12-6-4-3-5-7-12/h3-7,10-11,16H,8-9H2,1-2H3. The second kappa shape index (κ2) is 5.04. The number of hydrogen-bond acceptors (Lipinski definition) is 3. The van der Waals surface area contributed by atoms with Gasteiger partial charge in [-0.1, -0.05) is 43.8 Å². The number of ether oxygens (including phenoxy) is 1. The van der Waals surface area contributed by atoms with Crippen LogP contribution in [-0.4, -0.2) is 11.2 Å². The largest absolute Gasteiger partial charge is 0.483 e. The van der Waals surface area contributed by atoms with Gasteiger partial charge in [0.1, 0.15) is 5.76 Å². The molecule has 3 unspecified atom stereocenters. The summed E-state index contributed by atoms with van der Waals surface area (Å²) >= 11 is 1.71. The first-order valence-corrected chi connectivity index (χ1v) is 7.67. The zero-order chi connectivity index (χ0) is 13.4. The first kappa shape index (κ1) is 12.8. The van der Waals surface area contributed by atoms with E-state index in [1.54, 1.807) is 11.8 Å². The van der Waals surface area contributed by atoms with E-state index in [0.717, 1.165) is 17.8 Å². The molecule has 1 aliphatic carbocycles. The topological polar surface area (TPSA) is 26.3 Å². The number of carbonyl (C=O) groups is 1. The molecule has 2 nitrogen and oxygen atoms in total. The van der Waals surface area contributed by atoms with Crippen LogP contribution < -0.4 is 0 Å². The monoisotopic (exact) mass is 274 g/mol. The van der Waals surface area contributed by atoms with Crippen molar-refractivity contribution in [3.8, 4) is 0 Å². The summed E-state index contributed by atoms with van der Waals surface area (Å²) in [7, 11) is 0. The summed E-state index contributed by atoms with van der Waals surface area (Å²) < 4.78 is 6.04. The van der Waals surface area contributed by atoms with E-state index >= 15 is 0 Å². The molecule has 1 heterocycles. The number of Topliss-reactive ketones (excluding diaryl/α,β-unsaturated/α-hetero) is 1. The van der Waals surface area contributed by atoms with E-state index in [1.165, 1.54) is 4.90 Å². The lowest BCUT2D eigenvalue weighted by atomic mass is 9.85. The van der Waals surface area contributed by atoms with Gasteiger partial charge < -0.3 is 4.74 Å². The van der Waals surface area contributed by atoms with Crippen molar-refractivity contribution in [2.45, 2.75) is 37.0 Å². The summed E-state index contributed by atoms with van der Waals surface area (Å²) in [5.41, 5.74) is 0.994. The van der Waals surface area contributed by atoms with Gasteiger partial charge in [0.2, 0.25) is 0 Å². The molecule has 2 aliphatic rings. The molecule has 3 rings (SSSR count). The van der Waals surface area contributed by atoms with E-state index < -0.39 is 0 Å². The van der Waals surface area contributed by atoms with Crippen LogP contribution in [0.25, 0.3) is 0 Å². The summed E-state index contributed by atoms with van der Waals surface area (Å²) in [6, 6.07) is 10.2. The summed E-state index contributed by atoms with van der Waals surface area (Å²) in [5.74, 6) is 1.85. The lowest BCUT2D eigenvalue weighted by molar-refractivity contribution is -0.117. The molecule has 0 amide bonds. The first-order valence-electron chi connectivity index (χ1n) is 6.79. The molecule has 0 saturated carbocycles. The Morgan fingerprint density at radius 3 is 2.63 bits per heavy atom. The summed E-state index contributed by atoms with van der Waals surface area (Å²) in [6.45, 7) is 4.23. The predicted molar refractivity (Wildman–Crippen MR) is 76.8 cm³/mol. The second-order valence-corrected chi connectivity index (χ2v) is 6.65. The molecule has 0 fully saturated rings. The van der Waals surface area contributed by atoms with E-state index in [1.807, 2.05) is 18.2 Å². The zero-order valence-electron chi connectivity index (χ0n) is 11.3. The summed E-state index contributed by atoms with van der Waals surface area (Å²) in [4.78, 5) is 13.3. The number of carbonyl (C=O) groups excluding carboxylic acids is 1. The molecule has 3 atom stereocenters. The minimum atomic E-state index is 0.0432. The fourth-order valence-corrected chi connectivity index (χ4v) is 3.92. The third-order valence-electron chi connectivity index (χ3n) is 3.79. The predicted octanol–water partition coefficient (Wildman–Crippen LogP) is 4.02. The van der Waals surface area contributed by atoms with Crippen LogP contribution >= 0.6 is 11.8 Å². The van der Waals surface area contributed by atoms with Crippen molar-refractivity contribution < 1.29 is 9.53 Å². The Hall–Kier alpha value is -1.22. The number of benzene rings is 1. The molecule has 0 spiro atoms. The Morgan fingerprint density at radius 2 is 1.89 bits per heavy atom. The maximum Gasteiger partial charge on any atom is 0.162 e. The van der Waals surface area contributed by atoms with Crippen LogP contribution in [0.5, 0.6) is 0 Å². The van der Waals surface area contributed by atoms with Gasteiger partial charge in [-0.3, -0.25) is 4.79 Å². The number of ketones is 1. The van der Waals surface area contributed by atoms with Crippen LogP contribution in [0, 0.1) is 11.8 Å². The van der Waals surface area contributed by atoms with Gasteiger partial charge >= 0.3 is 0 Å². The Labute approximate surface area is 118 Å². The molecule has 0 radical (unpaired) electrons. The van der Waals surface area contributed by atoms with Crippen LogP contribution in [0.3, 0.4) is 0 Å². The fourth-order valence-electron chi connectivity index (χ4n) is 2.84. The number of thioether (sulfide) groups is 1. The minimum absolute atomic E-state index is 0.0432. The van der Waals surface area contributed by atoms with Crippen LogP contribution in [0.4, 0.5) is 0 Å². The lowest BCUT2D eigenvalue weighted by Crippen LogP contribution is -2.19. The second-order valence-electron chi connectivity index (χ2n) is 5.48. The van der Waals surface area contributed by atoms with Gasteiger partial charge in [-0.2, -0.15) is 0 Å². The Kier molecular flexibility index (Phi) is 3.40. The van der Waals surface area contributed by atoms with E-state index in [2.05, 4.69) is 26.0 Å². The van der Waals surface area contributed by atoms with Gasteiger partial charge in [-0.05, 0) is 18.1 Å². The number of rotatable bonds is 2. The van der Waals surface area contributed by atoms with Crippen molar-refractivity contribution in [2.75, 3.05) is 0 Å². The molecule has 1 aliphatic heterocycles. The molecule has 19 heavy (non-hydrogen) atoms. The highest BCUT2D eigenvalue weighted by molar-refractivity contribution is 7.99. The van der Waals surface area contributed by atoms with Crippen molar-refractivity contribution in [1.82, 2.24) is 0 Å². The summed E-state index contributed by atoms with van der Waals surface area (Å²) in [5, 5.41) is 0. The van der Waals surface area contributed by atoms with Gasteiger partial charge in [-0.15, -0.1) is 0 Å². The highest BCUT2D eigenvalue weighted by atomic mass is 32.2. The average molecular weight is 274 g/mol. The molecule has 0 bridgehead atoms. The highest BCUT2D eigenvalue weighted by Crippen LogP contribution is 2.45. The van der Waals surface area contributed by atoms with Crippen molar-refractivity contribution in [1.29, 1.82) is 0 Å². The molecule has 0 saturated heterocycles. The van der Waals surface area contributed by atoms with Crippen LogP contribution in [0.15, 0.2) is 46.6 Å². The quantitative estimate of drug-likeness (QED) is 0.814. The van der Waals surface area contributed by atoms with Gasteiger partial charge in [0.25, 0.3) is 0 Å². The van der Waals surface area contributed by atoms with Crippen molar-refractivity contribution in [3.63, 3.8) is 0 Å². The molecule has 1 aromatic carbocycles. The Morgan fingerprint density at radius 1 is 1.16 bits per heavy atom. The summed E-state index contributed by atoms with van der Waals surface area (Å²) in [6.07, 6.45) is 1.59. The molecule has 0 N–H and O–H groups in total. The van der Waals surface area contributed by atoms with Crippen LogP contribution in [0.2, 0.25) is 0 Å². The van der Waals surface area contributed by atoms with E-state index in [-0.39, 0.29) is 17.1 Å². The Bertz CT molecular complexity index is 521. The van der Waals surface area contributed by atoms with Crippen LogP contribution in [0.1, 0.15) is 26.7 Å². The molecule has 0 aromatic heterocycles. The van der Waals surface area contributed by atoms with Crippen molar-refractivity contribution in [3.05, 3.63) is 41.7 Å². The molecular formula is C16H18O2S. The van der Waals surface area contributed by atoms with E-state index in [0.29, 0.717) is 12.3 Å². The lowest BCUT2D eigenvalue weighted by Gasteiger charge is -2.18. The van der Waals surface area contributed by atoms with Crippen molar-refractivity contribution >= 4 is 17.5 Å². The third kappa shape index (κ3) is 2.44. The van der Waals surface area contributed by atoms with Gasteiger partial charge in [0.05, 0.1) is 0 Å². The Balaban J connectivity index is 1.77. The molecule has 100 valence electrons. The van der Waals surface area contributed by atoms with E-state index in [4.69, 9.17) is 4.74 Å². The normalized spacial score (nSPS) is 30.2. The zero-order valence-corrected chi connectivity index (χ0v) is 12.1. The maximum atomic E-state index is 12.1. The minimum Gasteiger partial charge on any atom is -0.483 e. The maximum absolute atomic E-state index is 12.1. The van der Waals surface area contributed by atoms with Crippen LogP contribution in [-0.2, 0) is 9.53 Å². The molecule has 1 aromatic rings. The van der Waals surface area contributed by atoms with E-state index in [9.17, 15) is 4.79 Å². The van der Waals surface area contributed by atoms with Gasteiger partial charge in [-0.25, -0.2) is 0 Å². The van der Waals surface area contributed by atoms with Gasteiger partial charge in [0, 0.05) is 29.2 Å². The highest BCUT2D eigenvalue weighted by Gasteiger charge is 2.40.